The number of fused-ring (bicyclic) bond motifs is 3. The highest BCUT2D eigenvalue weighted by Gasteiger charge is 2.44. The minimum Gasteiger partial charge on any atom is -0.290 e. The summed E-state index contributed by atoms with van der Waals surface area (Å²) in [7, 11) is 0. The van der Waals surface area contributed by atoms with Crippen LogP contribution in [0, 0.1) is 0 Å². The molecule has 3 nitrogen and oxygen atoms in total. The minimum atomic E-state index is -0.0308. The average molecular weight is 390 g/mol. The van der Waals surface area contributed by atoms with Crippen molar-refractivity contribution in [3.63, 3.8) is 0 Å². The molecule has 3 aromatic carbocycles. The Bertz CT molecular complexity index is 1030. The van der Waals surface area contributed by atoms with Crippen molar-refractivity contribution in [1.29, 1.82) is 0 Å². The van der Waals surface area contributed by atoms with Gasteiger partial charge in [-0.2, -0.15) is 0 Å². The first-order valence-electron chi connectivity index (χ1n) is 8.73. The van der Waals surface area contributed by atoms with Gasteiger partial charge in [-0.1, -0.05) is 54.1 Å². The van der Waals surface area contributed by atoms with Gasteiger partial charge in [0.05, 0.1) is 5.69 Å². The maximum absolute atomic E-state index is 6.09. The van der Waals surface area contributed by atoms with E-state index in [1.54, 1.807) is 0 Å². The van der Waals surface area contributed by atoms with Crippen molar-refractivity contribution in [3.05, 3.63) is 101 Å². The van der Waals surface area contributed by atoms with Gasteiger partial charge in [-0.15, -0.1) is 0 Å². The van der Waals surface area contributed by atoms with E-state index >= 15 is 0 Å². The maximum Gasteiger partial charge on any atom is 0.202 e. The fraction of sp³-hybridized carbons (Fsp3) is 0.0455. The van der Waals surface area contributed by atoms with Crippen LogP contribution in [0.5, 0.6) is 0 Å². The van der Waals surface area contributed by atoms with E-state index in [9.17, 15) is 0 Å². The summed E-state index contributed by atoms with van der Waals surface area (Å²) in [6.07, 6.45) is 4.19. The number of rotatable bonds is 2. The highest BCUT2D eigenvalue weighted by molar-refractivity contribution is 7.80. The number of thiocarbonyl (C=S) groups is 1. The molecule has 0 radical (unpaired) electrons. The first kappa shape index (κ1) is 16.4. The van der Waals surface area contributed by atoms with Crippen LogP contribution in [0.1, 0.15) is 17.3 Å². The van der Waals surface area contributed by atoms with Crippen molar-refractivity contribution >= 4 is 46.4 Å². The minimum absolute atomic E-state index is 0.0308. The smallest absolute Gasteiger partial charge is 0.202 e. The van der Waals surface area contributed by atoms with E-state index in [0.29, 0.717) is 5.02 Å². The van der Waals surface area contributed by atoms with Gasteiger partial charge < -0.3 is 0 Å². The predicted octanol–water partition coefficient (Wildman–Crippen LogP) is 5.85. The van der Waals surface area contributed by atoms with E-state index in [2.05, 4.69) is 63.6 Å². The topological polar surface area (TPSA) is 9.72 Å². The molecule has 0 N–H and O–H groups in total. The van der Waals surface area contributed by atoms with E-state index in [1.165, 1.54) is 11.1 Å². The summed E-state index contributed by atoms with van der Waals surface area (Å²) in [4.78, 5) is 2.20. The summed E-state index contributed by atoms with van der Waals surface area (Å²) in [6.45, 7) is 0. The number of halogens is 1. The molecule has 2 heterocycles. The van der Waals surface area contributed by atoms with Gasteiger partial charge in [-0.25, -0.2) is 5.01 Å². The Morgan fingerprint density at radius 1 is 0.778 bits per heavy atom. The molecule has 0 bridgehead atoms. The maximum atomic E-state index is 6.09. The highest BCUT2D eigenvalue weighted by atomic mass is 35.5. The summed E-state index contributed by atoms with van der Waals surface area (Å²) in [5, 5.41) is 5.69. The van der Waals surface area contributed by atoms with Gasteiger partial charge in [-0.05, 0) is 60.3 Å². The van der Waals surface area contributed by atoms with E-state index in [0.717, 1.165) is 16.5 Å². The molecule has 0 aliphatic carbocycles. The van der Waals surface area contributed by atoms with Crippen LogP contribution in [0.2, 0.25) is 5.02 Å². The van der Waals surface area contributed by atoms with Crippen molar-refractivity contribution < 1.29 is 0 Å². The number of hydrogen-bond acceptors (Lipinski definition) is 2. The monoisotopic (exact) mass is 389 g/mol. The third kappa shape index (κ3) is 2.60. The molecule has 27 heavy (non-hydrogen) atoms. The van der Waals surface area contributed by atoms with Gasteiger partial charge in [0.25, 0.3) is 0 Å². The predicted molar refractivity (Wildman–Crippen MR) is 116 cm³/mol. The van der Waals surface area contributed by atoms with E-state index in [1.807, 2.05) is 42.5 Å². The molecule has 0 saturated carbocycles. The van der Waals surface area contributed by atoms with Gasteiger partial charge in [0.15, 0.2) is 6.17 Å². The Morgan fingerprint density at radius 3 is 2.26 bits per heavy atom. The number of benzene rings is 3. The van der Waals surface area contributed by atoms with Crippen molar-refractivity contribution in [2.45, 2.75) is 6.17 Å². The fourth-order valence-electron chi connectivity index (χ4n) is 3.68. The molecule has 0 amide bonds. The number of hydrazine groups is 1. The number of hydrogen-bond donors (Lipinski definition) is 0. The van der Waals surface area contributed by atoms with Crippen molar-refractivity contribution in [2.75, 3.05) is 9.91 Å². The molecule has 3 aromatic rings. The third-order valence-corrected chi connectivity index (χ3v) is 5.52. The second-order valence-electron chi connectivity index (χ2n) is 6.47. The number of anilines is 2. The lowest BCUT2D eigenvalue weighted by atomic mass is 10.0. The molecular formula is C22H16ClN3S. The summed E-state index contributed by atoms with van der Waals surface area (Å²) >= 11 is 12.0. The molecule has 2 aliphatic heterocycles. The van der Waals surface area contributed by atoms with Crippen molar-refractivity contribution in [2.24, 2.45) is 0 Å². The van der Waals surface area contributed by atoms with Crippen molar-refractivity contribution in [1.82, 2.24) is 5.01 Å². The van der Waals surface area contributed by atoms with Crippen LogP contribution >= 0.6 is 23.8 Å². The second-order valence-corrected chi connectivity index (χ2v) is 7.28. The lowest BCUT2D eigenvalue weighted by Crippen LogP contribution is -2.36. The first-order valence-corrected chi connectivity index (χ1v) is 9.52. The molecule has 1 fully saturated rings. The Kier molecular flexibility index (Phi) is 3.88. The molecule has 0 aromatic heterocycles. The first-order chi connectivity index (χ1) is 13.2. The zero-order chi connectivity index (χ0) is 18.4. The largest absolute Gasteiger partial charge is 0.290 e. The van der Waals surface area contributed by atoms with Crippen LogP contribution in [-0.2, 0) is 0 Å². The summed E-state index contributed by atoms with van der Waals surface area (Å²) in [5.74, 6) is 0. The van der Waals surface area contributed by atoms with Crippen LogP contribution in [0.15, 0.2) is 85.1 Å². The highest BCUT2D eigenvalue weighted by Crippen LogP contribution is 2.44. The second kappa shape index (κ2) is 6.41. The standard InChI is InChI=1S/C22H16ClN3S/c23-17-10-12-19(13-11-17)26-22(27)25(18-7-2-1-3-8-18)21-20-9-5-4-6-16(20)14-15-24(21)26/h1-15,21H. The van der Waals surface area contributed by atoms with Crippen molar-refractivity contribution in [3.8, 4) is 0 Å². The zero-order valence-electron chi connectivity index (χ0n) is 14.4. The lowest BCUT2D eigenvalue weighted by Gasteiger charge is -2.34. The molecule has 1 saturated heterocycles. The Labute approximate surface area is 168 Å². The van der Waals surface area contributed by atoms with E-state index in [-0.39, 0.29) is 6.17 Å². The molecule has 1 unspecified atom stereocenters. The van der Waals surface area contributed by atoms with Gasteiger partial charge in [0.1, 0.15) is 0 Å². The Balaban J connectivity index is 1.69. The average Bonchev–Trinajstić information content (AvgIpc) is 3.02. The quantitative estimate of drug-likeness (QED) is 0.508. The lowest BCUT2D eigenvalue weighted by molar-refractivity contribution is 0.333. The van der Waals surface area contributed by atoms with E-state index in [4.69, 9.17) is 23.8 Å². The molecule has 5 rings (SSSR count). The summed E-state index contributed by atoms with van der Waals surface area (Å²) in [6, 6.07) is 26.5. The van der Waals surface area contributed by atoms with Crippen LogP contribution in [0.25, 0.3) is 6.08 Å². The molecule has 1 atom stereocenters. The van der Waals surface area contributed by atoms with Crippen LogP contribution in [0.3, 0.4) is 0 Å². The SMILES string of the molecule is S=C1N(c2ccccc2)C2c3ccccc3C=CN2N1c1ccc(Cl)cc1. The molecule has 132 valence electrons. The van der Waals surface area contributed by atoms with E-state index < -0.39 is 0 Å². The number of para-hydroxylation sites is 1. The molecular weight excluding hydrogens is 374 g/mol. The molecule has 0 spiro atoms. The molecule has 5 heteroatoms. The zero-order valence-corrected chi connectivity index (χ0v) is 15.9. The van der Waals surface area contributed by atoms with Crippen LogP contribution in [0.4, 0.5) is 11.4 Å². The fourth-order valence-corrected chi connectivity index (χ4v) is 4.21. The Hall–Kier alpha value is -2.82. The van der Waals surface area contributed by atoms with Gasteiger partial charge >= 0.3 is 0 Å². The van der Waals surface area contributed by atoms with Gasteiger partial charge in [0.2, 0.25) is 5.11 Å². The normalized spacial score (nSPS) is 17.9. The Morgan fingerprint density at radius 2 is 1.48 bits per heavy atom. The third-order valence-electron chi connectivity index (χ3n) is 4.90. The van der Waals surface area contributed by atoms with Gasteiger partial charge in [-0.3, -0.25) is 9.91 Å². The van der Waals surface area contributed by atoms with Crippen LogP contribution < -0.4 is 9.91 Å². The number of nitrogens with zero attached hydrogens (tertiary/aromatic N) is 3. The van der Waals surface area contributed by atoms with Gasteiger partial charge in [0, 0.05) is 22.5 Å². The van der Waals surface area contributed by atoms with Crippen LogP contribution in [-0.4, -0.2) is 10.1 Å². The molecule has 2 aliphatic rings. The summed E-state index contributed by atoms with van der Waals surface area (Å²) < 4.78 is 0. The summed E-state index contributed by atoms with van der Waals surface area (Å²) in [5.41, 5.74) is 4.49.